The van der Waals surface area contributed by atoms with Crippen molar-refractivity contribution in [1.82, 2.24) is 10.1 Å². The van der Waals surface area contributed by atoms with Gasteiger partial charge in [-0.2, -0.15) is 4.98 Å². The topological polar surface area (TPSA) is 60.2 Å². The van der Waals surface area contributed by atoms with Crippen LogP contribution in [0.4, 0.5) is 6.01 Å². The smallest absolute Gasteiger partial charge is 0.321 e. The number of hydrogen-bond acceptors (Lipinski definition) is 5. The molecule has 0 saturated heterocycles. The van der Waals surface area contributed by atoms with Crippen LogP contribution in [0.25, 0.3) is 0 Å². The zero-order valence-corrected chi connectivity index (χ0v) is 9.83. The summed E-state index contributed by atoms with van der Waals surface area (Å²) in [5.74, 6) is 0.646. The van der Waals surface area contributed by atoms with Gasteiger partial charge in [0, 0.05) is 20.3 Å². The summed E-state index contributed by atoms with van der Waals surface area (Å²) in [7, 11) is 1.71. The van der Waals surface area contributed by atoms with Crippen LogP contribution in [0.2, 0.25) is 0 Å². The van der Waals surface area contributed by atoms with Gasteiger partial charge in [-0.25, -0.2) is 0 Å². The number of aryl methyl sites for hydroxylation is 1. The van der Waals surface area contributed by atoms with E-state index in [9.17, 15) is 0 Å². The average Bonchev–Trinajstić information content (AvgIpc) is 2.59. The molecule has 0 aliphatic heterocycles. The summed E-state index contributed by atoms with van der Waals surface area (Å²) in [6.45, 7) is 7.69. The second kappa shape index (κ2) is 5.11. The maximum absolute atomic E-state index is 5.05. The quantitative estimate of drug-likeness (QED) is 0.781. The van der Waals surface area contributed by atoms with Gasteiger partial charge >= 0.3 is 6.01 Å². The molecule has 1 aromatic heterocycles. The van der Waals surface area contributed by atoms with E-state index in [1.54, 1.807) is 14.0 Å². The molecule has 5 heteroatoms. The lowest BCUT2D eigenvalue weighted by Crippen LogP contribution is -2.24. The van der Waals surface area contributed by atoms with Gasteiger partial charge < -0.3 is 14.6 Å². The van der Waals surface area contributed by atoms with E-state index >= 15 is 0 Å². The lowest BCUT2D eigenvalue weighted by Gasteiger charge is -2.23. The molecule has 1 rings (SSSR count). The molecule has 0 aliphatic carbocycles. The van der Waals surface area contributed by atoms with Crippen molar-refractivity contribution in [2.45, 2.75) is 27.2 Å². The molecule has 0 spiro atoms. The van der Waals surface area contributed by atoms with Crippen LogP contribution in [-0.4, -0.2) is 30.4 Å². The summed E-state index contributed by atoms with van der Waals surface area (Å²) in [5, 5.41) is 6.82. The van der Waals surface area contributed by atoms with Crippen molar-refractivity contribution in [3.8, 4) is 0 Å². The van der Waals surface area contributed by atoms with E-state index in [0.717, 1.165) is 19.6 Å². The molecule has 0 bridgehead atoms. The Labute approximate surface area is 90.2 Å². The molecule has 15 heavy (non-hydrogen) atoms. The molecular formula is C10H19N3O2. The van der Waals surface area contributed by atoms with E-state index in [1.165, 1.54) is 0 Å². The molecule has 0 unspecified atom stereocenters. The Kier molecular flexibility index (Phi) is 4.08. The van der Waals surface area contributed by atoms with Gasteiger partial charge in [-0.3, -0.25) is 0 Å². The first-order chi connectivity index (χ1) is 7.03. The minimum absolute atomic E-state index is 0.151. The van der Waals surface area contributed by atoms with Crippen LogP contribution in [0.3, 0.4) is 0 Å². The summed E-state index contributed by atoms with van der Waals surface area (Å²) in [6.07, 6.45) is 0.990. The van der Waals surface area contributed by atoms with Crippen molar-refractivity contribution >= 4 is 6.01 Å². The molecule has 0 fully saturated rings. The first kappa shape index (κ1) is 12.0. The fourth-order valence-corrected chi connectivity index (χ4v) is 1.15. The highest BCUT2D eigenvalue weighted by molar-refractivity contribution is 5.18. The number of anilines is 1. The highest BCUT2D eigenvalue weighted by Gasteiger charge is 2.18. The van der Waals surface area contributed by atoms with E-state index in [4.69, 9.17) is 9.26 Å². The molecule has 1 aromatic rings. The molecule has 5 nitrogen and oxygen atoms in total. The number of aromatic nitrogens is 2. The highest BCUT2D eigenvalue weighted by atomic mass is 16.5. The Balaban J connectivity index is 2.35. The summed E-state index contributed by atoms with van der Waals surface area (Å²) in [6, 6.07) is 0.484. The van der Waals surface area contributed by atoms with Gasteiger partial charge in [0.25, 0.3) is 0 Å². The summed E-state index contributed by atoms with van der Waals surface area (Å²) >= 11 is 0. The largest absolute Gasteiger partial charge is 0.385 e. The van der Waals surface area contributed by atoms with Crippen molar-refractivity contribution in [2.24, 2.45) is 5.41 Å². The zero-order chi connectivity index (χ0) is 11.3. The Morgan fingerprint density at radius 3 is 2.73 bits per heavy atom. The van der Waals surface area contributed by atoms with Crippen molar-refractivity contribution in [3.63, 3.8) is 0 Å². The van der Waals surface area contributed by atoms with Gasteiger partial charge in [-0.05, 0) is 18.8 Å². The van der Waals surface area contributed by atoms with Gasteiger partial charge in [0.1, 0.15) is 0 Å². The Morgan fingerprint density at radius 2 is 2.20 bits per heavy atom. The van der Waals surface area contributed by atoms with Gasteiger partial charge in [0.05, 0.1) is 0 Å². The number of nitrogens with zero attached hydrogens (tertiary/aromatic N) is 2. The predicted octanol–water partition coefficient (Wildman–Crippen LogP) is 1.85. The number of rotatable bonds is 6. The lowest BCUT2D eigenvalue weighted by molar-refractivity contribution is 0.156. The number of nitrogens with one attached hydrogen (secondary N) is 1. The minimum atomic E-state index is 0.151. The third-order valence-corrected chi connectivity index (χ3v) is 2.23. The number of methoxy groups -OCH3 is 1. The Bertz CT molecular complexity index is 297. The highest BCUT2D eigenvalue weighted by Crippen LogP contribution is 2.20. The van der Waals surface area contributed by atoms with Crippen LogP contribution >= 0.6 is 0 Å². The summed E-state index contributed by atoms with van der Waals surface area (Å²) in [5.41, 5.74) is 0.151. The van der Waals surface area contributed by atoms with Gasteiger partial charge in [0.15, 0.2) is 5.82 Å². The molecule has 0 saturated carbocycles. The van der Waals surface area contributed by atoms with Gasteiger partial charge in [-0.1, -0.05) is 19.0 Å². The fraction of sp³-hybridized carbons (Fsp3) is 0.800. The third kappa shape index (κ3) is 4.29. The SMILES string of the molecule is COCCC(C)(C)CNc1nc(C)no1. The average molecular weight is 213 g/mol. The second-order valence-electron chi connectivity index (χ2n) is 4.41. The van der Waals surface area contributed by atoms with E-state index in [0.29, 0.717) is 11.8 Å². The molecule has 86 valence electrons. The Hall–Kier alpha value is -1.10. The third-order valence-electron chi connectivity index (χ3n) is 2.23. The van der Waals surface area contributed by atoms with Crippen molar-refractivity contribution < 1.29 is 9.26 Å². The van der Waals surface area contributed by atoms with Crippen LogP contribution in [0, 0.1) is 12.3 Å². The first-order valence-corrected chi connectivity index (χ1v) is 5.07. The molecule has 0 amide bonds. The Morgan fingerprint density at radius 1 is 1.47 bits per heavy atom. The molecule has 0 aromatic carbocycles. The van der Waals surface area contributed by atoms with E-state index in [1.807, 2.05) is 0 Å². The van der Waals surface area contributed by atoms with Crippen LogP contribution < -0.4 is 5.32 Å². The molecule has 1 N–H and O–H groups in total. The van der Waals surface area contributed by atoms with E-state index < -0.39 is 0 Å². The zero-order valence-electron chi connectivity index (χ0n) is 9.83. The van der Waals surface area contributed by atoms with Crippen molar-refractivity contribution in [1.29, 1.82) is 0 Å². The maximum Gasteiger partial charge on any atom is 0.321 e. The maximum atomic E-state index is 5.05. The monoisotopic (exact) mass is 213 g/mol. The van der Waals surface area contributed by atoms with E-state index in [-0.39, 0.29) is 5.41 Å². The molecule has 0 atom stereocenters. The van der Waals surface area contributed by atoms with Crippen LogP contribution in [0.5, 0.6) is 0 Å². The summed E-state index contributed by atoms with van der Waals surface area (Å²) < 4.78 is 10.0. The second-order valence-corrected chi connectivity index (χ2v) is 4.41. The van der Waals surface area contributed by atoms with Crippen molar-refractivity contribution in [3.05, 3.63) is 5.82 Å². The molecular weight excluding hydrogens is 194 g/mol. The van der Waals surface area contributed by atoms with Crippen LogP contribution in [-0.2, 0) is 4.74 Å². The summed E-state index contributed by atoms with van der Waals surface area (Å²) in [4.78, 5) is 4.07. The molecule has 1 heterocycles. The van der Waals surface area contributed by atoms with Gasteiger partial charge in [0.2, 0.25) is 0 Å². The fourth-order valence-electron chi connectivity index (χ4n) is 1.15. The van der Waals surface area contributed by atoms with Gasteiger partial charge in [-0.15, -0.1) is 0 Å². The lowest BCUT2D eigenvalue weighted by atomic mass is 9.90. The number of hydrogen-bond donors (Lipinski definition) is 1. The minimum Gasteiger partial charge on any atom is -0.385 e. The van der Waals surface area contributed by atoms with Crippen LogP contribution in [0.15, 0.2) is 4.52 Å². The number of ether oxygens (including phenoxy) is 1. The standard InChI is InChI=1S/C10H19N3O2/c1-8-12-9(15-13-8)11-7-10(2,3)5-6-14-4/h5-7H2,1-4H3,(H,11,12,13). The normalized spacial score (nSPS) is 11.7. The predicted molar refractivity (Wildman–Crippen MR) is 57.8 cm³/mol. The molecule has 0 radical (unpaired) electrons. The van der Waals surface area contributed by atoms with E-state index in [2.05, 4.69) is 29.3 Å². The van der Waals surface area contributed by atoms with Crippen LogP contribution in [0.1, 0.15) is 26.1 Å². The van der Waals surface area contributed by atoms with Crippen molar-refractivity contribution in [2.75, 3.05) is 25.6 Å². The molecule has 0 aliphatic rings. The first-order valence-electron chi connectivity index (χ1n) is 5.07.